The fourth-order valence-corrected chi connectivity index (χ4v) is 5.08. The van der Waals surface area contributed by atoms with Gasteiger partial charge in [-0.15, -0.1) is 0 Å². The molecule has 5 aromatic rings. The van der Waals surface area contributed by atoms with Crippen LogP contribution in [0.15, 0.2) is 73.0 Å². The zero-order chi connectivity index (χ0) is 26.9. The van der Waals surface area contributed by atoms with Crippen molar-refractivity contribution in [3.05, 3.63) is 90.0 Å². The van der Waals surface area contributed by atoms with E-state index in [2.05, 4.69) is 25.3 Å². The number of nitrogen functional groups attached to an aromatic ring is 1. The molecule has 0 bridgehead atoms. The fraction of sp³-hybridized carbons (Fsp3) is 0.214. The molecule has 1 aliphatic rings. The third kappa shape index (κ3) is 4.53. The van der Waals surface area contributed by atoms with E-state index in [1.54, 1.807) is 21.8 Å². The summed E-state index contributed by atoms with van der Waals surface area (Å²) in [5.74, 6) is 0.304. The Morgan fingerprint density at radius 3 is 2.69 bits per heavy atom. The number of aryl methyl sites for hydroxylation is 1. The Balaban J connectivity index is 1.29. The number of benzene rings is 1. The van der Waals surface area contributed by atoms with Crippen molar-refractivity contribution in [3.8, 4) is 22.4 Å². The summed E-state index contributed by atoms with van der Waals surface area (Å²) in [4.78, 5) is 28.2. The minimum absolute atomic E-state index is 0.0764. The number of nitrogens with two attached hydrogens (primary N) is 1. The molecule has 0 aliphatic carbocycles. The van der Waals surface area contributed by atoms with E-state index in [1.807, 2.05) is 55.6 Å². The normalized spacial score (nSPS) is 15.2. The number of amides is 1. The van der Waals surface area contributed by atoms with Crippen LogP contribution in [0.2, 0.25) is 0 Å². The quantitative estimate of drug-likeness (QED) is 0.295. The lowest BCUT2D eigenvalue weighted by Crippen LogP contribution is -2.34. The van der Waals surface area contributed by atoms with Crippen LogP contribution in [0.4, 0.5) is 5.82 Å². The van der Waals surface area contributed by atoms with Gasteiger partial charge in [-0.05, 0) is 32.3 Å². The molecule has 4 N–H and O–H groups in total. The standard InChI is InChI=1S/C28H27N9O2/c1-17-11-20(36(14-17)28(39)26-31-16-32-35-26)8-10-24-22(15-38)25(29)37-27(34-24)21(13-33-37)19-7-9-23(30-12-19)18-5-3-2-4-6-18/h2-7,9,12-14,16,20,38H,8,10-11,15,29H2,1H3,(H,31,32,35). The third-order valence-corrected chi connectivity index (χ3v) is 7.05. The summed E-state index contributed by atoms with van der Waals surface area (Å²) in [6.07, 6.45) is 8.57. The number of anilines is 1. The number of aromatic nitrogens is 7. The molecule has 1 aromatic carbocycles. The Morgan fingerprint density at radius 2 is 1.97 bits per heavy atom. The number of carbonyl (C=O) groups is 1. The number of aliphatic hydroxyl groups is 1. The number of aromatic amines is 1. The first-order valence-corrected chi connectivity index (χ1v) is 12.7. The molecule has 1 unspecified atom stereocenters. The largest absolute Gasteiger partial charge is 0.391 e. The van der Waals surface area contributed by atoms with E-state index in [1.165, 1.54) is 6.33 Å². The lowest BCUT2D eigenvalue weighted by Gasteiger charge is -2.23. The second kappa shape index (κ2) is 10.1. The van der Waals surface area contributed by atoms with Gasteiger partial charge in [-0.2, -0.15) is 14.7 Å². The molecule has 1 atom stereocenters. The van der Waals surface area contributed by atoms with Crippen LogP contribution in [0.5, 0.6) is 0 Å². The Labute approximate surface area is 224 Å². The summed E-state index contributed by atoms with van der Waals surface area (Å²) in [5.41, 5.74) is 12.9. The molecule has 196 valence electrons. The maximum atomic E-state index is 13.0. The number of fused-ring (bicyclic) bond motifs is 1. The van der Waals surface area contributed by atoms with Gasteiger partial charge in [0.15, 0.2) is 5.65 Å². The molecule has 11 heteroatoms. The van der Waals surface area contributed by atoms with Gasteiger partial charge in [-0.25, -0.2) is 9.97 Å². The van der Waals surface area contributed by atoms with Gasteiger partial charge in [0.1, 0.15) is 12.1 Å². The van der Waals surface area contributed by atoms with Crippen molar-refractivity contribution in [2.24, 2.45) is 0 Å². The van der Waals surface area contributed by atoms with Gasteiger partial charge >= 0.3 is 0 Å². The highest BCUT2D eigenvalue weighted by Crippen LogP contribution is 2.31. The lowest BCUT2D eigenvalue weighted by molar-refractivity contribution is 0.0767. The van der Waals surface area contributed by atoms with Crippen LogP contribution < -0.4 is 5.73 Å². The molecule has 0 radical (unpaired) electrons. The van der Waals surface area contributed by atoms with Crippen LogP contribution in [0.25, 0.3) is 28.0 Å². The Kier molecular flexibility index (Phi) is 6.33. The molecule has 0 fully saturated rings. The molecule has 0 saturated carbocycles. The van der Waals surface area contributed by atoms with Crippen molar-refractivity contribution in [2.45, 2.75) is 38.8 Å². The number of hydrogen-bond acceptors (Lipinski definition) is 8. The number of pyridine rings is 1. The van der Waals surface area contributed by atoms with Crippen LogP contribution >= 0.6 is 0 Å². The van der Waals surface area contributed by atoms with E-state index >= 15 is 0 Å². The molecule has 5 heterocycles. The minimum atomic E-state index is -0.269. The fourth-order valence-electron chi connectivity index (χ4n) is 5.08. The average Bonchev–Trinajstić information content (AvgIpc) is 3.72. The average molecular weight is 522 g/mol. The van der Waals surface area contributed by atoms with Crippen molar-refractivity contribution in [2.75, 3.05) is 5.73 Å². The SMILES string of the molecule is CC1=CN(C(=O)c2ncn[nH]2)C(CCc2nc3c(-c4ccc(-c5ccccc5)nc4)cnn3c(N)c2CO)C1. The van der Waals surface area contributed by atoms with Crippen LogP contribution in [-0.4, -0.2) is 56.7 Å². The number of aliphatic hydroxyl groups excluding tert-OH is 1. The van der Waals surface area contributed by atoms with Crippen LogP contribution in [0.3, 0.4) is 0 Å². The summed E-state index contributed by atoms with van der Waals surface area (Å²) in [7, 11) is 0. The van der Waals surface area contributed by atoms with E-state index in [-0.39, 0.29) is 24.4 Å². The first-order valence-electron chi connectivity index (χ1n) is 12.7. The maximum absolute atomic E-state index is 13.0. The van der Waals surface area contributed by atoms with Gasteiger partial charge < -0.3 is 15.7 Å². The summed E-state index contributed by atoms with van der Waals surface area (Å²) >= 11 is 0. The number of H-pyrrole nitrogens is 1. The van der Waals surface area contributed by atoms with Gasteiger partial charge in [-0.1, -0.05) is 42.0 Å². The van der Waals surface area contributed by atoms with Crippen LogP contribution in [0, 0.1) is 0 Å². The smallest absolute Gasteiger partial charge is 0.295 e. The van der Waals surface area contributed by atoms with E-state index in [9.17, 15) is 9.90 Å². The second-order valence-electron chi connectivity index (χ2n) is 9.59. The van der Waals surface area contributed by atoms with E-state index in [0.717, 1.165) is 34.4 Å². The molecule has 39 heavy (non-hydrogen) atoms. The van der Waals surface area contributed by atoms with Crippen molar-refractivity contribution >= 4 is 17.4 Å². The summed E-state index contributed by atoms with van der Waals surface area (Å²) in [6, 6.07) is 13.9. The Hall–Kier alpha value is -4.90. The highest BCUT2D eigenvalue weighted by Gasteiger charge is 2.30. The van der Waals surface area contributed by atoms with Crippen molar-refractivity contribution in [3.63, 3.8) is 0 Å². The molecule has 6 rings (SSSR count). The molecule has 1 amide bonds. The first-order chi connectivity index (χ1) is 19.0. The first kappa shape index (κ1) is 24.4. The maximum Gasteiger partial charge on any atom is 0.295 e. The van der Waals surface area contributed by atoms with E-state index < -0.39 is 0 Å². The van der Waals surface area contributed by atoms with Crippen LogP contribution in [-0.2, 0) is 13.0 Å². The second-order valence-corrected chi connectivity index (χ2v) is 9.59. The molecule has 1 aliphatic heterocycles. The molecule has 0 spiro atoms. The molecule has 0 saturated heterocycles. The number of nitrogens with one attached hydrogen (secondary N) is 1. The summed E-state index contributed by atoms with van der Waals surface area (Å²) in [6.45, 7) is 1.73. The predicted octanol–water partition coefficient (Wildman–Crippen LogP) is 3.40. The van der Waals surface area contributed by atoms with Gasteiger partial charge in [-0.3, -0.25) is 14.9 Å². The molecule has 11 nitrogen and oxygen atoms in total. The number of hydrogen-bond donors (Lipinski definition) is 3. The van der Waals surface area contributed by atoms with Gasteiger partial charge in [0.2, 0.25) is 5.82 Å². The van der Waals surface area contributed by atoms with E-state index in [4.69, 9.17) is 10.7 Å². The zero-order valence-corrected chi connectivity index (χ0v) is 21.3. The monoisotopic (exact) mass is 521 g/mol. The molecular weight excluding hydrogens is 494 g/mol. The summed E-state index contributed by atoms with van der Waals surface area (Å²) in [5, 5.41) is 21.0. The lowest BCUT2D eigenvalue weighted by atomic mass is 10.0. The zero-order valence-electron chi connectivity index (χ0n) is 21.3. The molecule has 4 aromatic heterocycles. The van der Waals surface area contributed by atoms with Gasteiger partial charge in [0.05, 0.1) is 24.2 Å². The van der Waals surface area contributed by atoms with Crippen molar-refractivity contribution in [1.29, 1.82) is 0 Å². The van der Waals surface area contributed by atoms with Crippen molar-refractivity contribution in [1.82, 2.24) is 39.7 Å². The highest BCUT2D eigenvalue weighted by atomic mass is 16.3. The Bertz CT molecular complexity index is 1660. The number of carbonyl (C=O) groups excluding carboxylic acids is 1. The van der Waals surface area contributed by atoms with Gasteiger partial charge in [0.25, 0.3) is 5.91 Å². The highest BCUT2D eigenvalue weighted by molar-refractivity contribution is 5.91. The number of rotatable bonds is 7. The number of nitrogens with zero attached hydrogens (tertiary/aromatic N) is 7. The van der Waals surface area contributed by atoms with Gasteiger partial charge in [0, 0.05) is 40.7 Å². The summed E-state index contributed by atoms with van der Waals surface area (Å²) < 4.78 is 1.55. The topological polar surface area (TPSA) is 151 Å². The Morgan fingerprint density at radius 1 is 1.13 bits per heavy atom. The molecular formula is C28H27N9O2. The third-order valence-electron chi connectivity index (χ3n) is 7.05. The van der Waals surface area contributed by atoms with Crippen molar-refractivity contribution < 1.29 is 9.90 Å². The predicted molar refractivity (Wildman–Crippen MR) is 145 cm³/mol. The van der Waals surface area contributed by atoms with E-state index in [0.29, 0.717) is 35.6 Å². The van der Waals surface area contributed by atoms with Crippen LogP contribution in [0.1, 0.15) is 41.6 Å². The minimum Gasteiger partial charge on any atom is -0.391 e.